The normalized spacial score (nSPS) is 13.8. The molecule has 0 aromatic heterocycles. The number of rotatable bonds is 19. The molecule has 260 valence electrons. The van der Waals surface area contributed by atoms with Crippen LogP contribution >= 0.6 is 0 Å². The Bertz CT molecular complexity index is 1440. The summed E-state index contributed by atoms with van der Waals surface area (Å²) in [6.07, 6.45) is -0.953. The Morgan fingerprint density at radius 3 is 1.88 bits per heavy atom. The fourth-order valence-corrected chi connectivity index (χ4v) is 4.25. The molecule has 0 aliphatic heterocycles. The number of aliphatic hydroxyl groups is 1. The van der Waals surface area contributed by atoms with Crippen molar-refractivity contribution in [2.24, 2.45) is 5.73 Å². The van der Waals surface area contributed by atoms with E-state index in [1.54, 1.807) is 42.5 Å². The van der Waals surface area contributed by atoms with Crippen LogP contribution in [0.2, 0.25) is 0 Å². The van der Waals surface area contributed by atoms with E-state index in [-0.39, 0.29) is 18.6 Å². The van der Waals surface area contributed by atoms with Crippen LogP contribution < -0.4 is 32.3 Å². The standard InChI is InChI=1S/C31H40N6O11/c1-17(27(43)37-23(31(47)48)14-18-5-3-2-4-6-18)34-29(45)22(11-12-26(41)42)36-30(46)24(16-38)35-25(40)15-33-28(44)21(32)13-19-7-9-20(39)10-8-19/h2-10,17,21-24,38-39H,11-16,32H2,1H3,(H,33,44)(H,34,45)(H,35,40)(H,36,46)(H,37,43)(H,41,42)(H,47,48)/t17-,21-,22-,23-,24-/m0/s1. The number of benzene rings is 2. The van der Waals surface area contributed by atoms with E-state index in [0.29, 0.717) is 11.1 Å². The summed E-state index contributed by atoms with van der Waals surface area (Å²) in [5.74, 6) is -7.09. The molecule has 2 rings (SSSR count). The second-order valence-corrected chi connectivity index (χ2v) is 10.8. The monoisotopic (exact) mass is 672 g/mol. The summed E-state index contributed by atoms with van der Waals surface area (Å²) in [6.45, 7) is -0.300. The summed E-state index contributed by atoms with van der Waals surface area (Å²) in [5.41, 5.74) is 7.15. The molecule has 0 aliphatic carbocycles. The number of phenols is 1. The zero-order valence-electron chi connectivity index (χ0n) is 26.0. The summed E-state index contributed by atoms with van der Waals surface area (Å²) < 4.78 is 0. The Kier molecular flexibility index (Phi) is 15.4. The van der Waals surface area contributed by atoms with Gasteiger partial charge in [0.05, 0.1) is 19.2 Å². The van der Waals surface area contributed by atoms with Gasteiger partial charge in [-0.25, -0.2) is 4.79 Å². The molecule has 0 unspecified atom stereocenters. The third-order valence-electron chi connectivity index (χ3n) is 6.92. The summed E-state index contributed by atoms with van der Waals surface area (Å²) in [6, 6.07) is 7.66. The molecule has 2 aromatic carbocycles. The predicted molar refractivity (Wildman–Crippen MR) is 168 cm³/mol. The predicted octanol–water partition coefficient (Wildman–Crippen LogP) is -2.48. The maximum absolute atomic E-state index is 13.0. The number of aromatic hydroxyl groups is 1. The molecule has 0 aliphatic rings. The minimum atomic E-state index is -1.62. The molecule has 0 heterocycles. The van der Waals surface area contributed by atoms with E-state index in [1.807, 2.05) is 0 Å². The van der Waals surface area contributed by atoms with Gasteiger partial charge >= 0.3 is 11.9 Å². The first kappa shape index (κ1) is 38.6. The number of amides is 5. The topological polar surface area (TPSA) is 287 Å². The van der Waals surface area contributed by atoms with Gasteiger partial charge in [0.1, 0.15) is 29.9 Å². The number of carboxylic acid groups (broad SMARTS) is 2. The lowest BCUT2D eigenvalue weighted by Gasteiger charge is -2.24. The minimum Gasteiger partial charge on any atom is -0.508 e. The van der Waals surface area contributed by atoms with Crippen molar-refractivity contribution in [1.82, 2.24) is 26.6 Å². The molecule has 0 spiro atoms. The van der Waals surface area contributed by atoms with Gasteiger partial charge in [0.2, 0.25) is 29.5 Å². The molecule has 17 heteroatoms. The molecule has 0 saturated heterocycles. The lowest BCUT2D eigenvalue weighted by atomic mass is 10.1. The molecule has 5 atom stereocenters. The van der Waals surface area contributed by atoms with Gasteiger partial charge < -0.3 is 52.7 Å². The highest BCUT2D eigenvalue weighted by molar-refractivity contribution is 5.95. The molecular weight excluding hydrogens is 632 g/mol. The van der Waals surface area contributed by atoms with E-state index >= 15 is 0 Å². The highest BCUT2D eigenvalue weighted by atomic mass is 16.4. The number of carboxylic acids is 2. The maximum Gasteiger partial charge on any atom is 0.326 e. The first-order valence-corrected chi connectivity index (χ1v) is 14.8. The Hall–Kier alpha value is -5.55. The number of aliphatic carboxylic acids is 2. The van der Waals surface area contributed by atoms with Crippen molar-refractivity contribution in [3.05, 3.63) is 65.7 Å². The van der Waals surface area contributed by atoms with Crippen LogP contribution in [0.3, 0.4) is 0 Å². The molecule has 17 nitrogen and oxygen atoms in total. The zero-order chi connectivity index (χ0) is 35.8. The van der Waals surface area contributed by atoms with Gasteiger partial charge in [-0.1, -0.05) is 42.5 Å². The van der Waals surface area contributed by atoms with Crippen molar-refractivity contribution >= 4 is 41.5 Å². The summed E-state index contributed by atoms with van der Waals surface area (Å²) in [5, 5.41) is 49.1. The van der Waals surface area contributed by atoms with Crippen molar-refractivity contribution in [2.45, 2.75) is 62.8 Å². The first-order valence-electron chi connectivity index (χ1n) is 14.8. The van der Waals surface area contributed by atoms with Gasteiger partial charge in [0, 0.05) is 12.8 Å². The number of phenolic OH excluding ortho intramolecular Hbond substituents is 1. The van der Waals surface area contributed by atoms with E-state index < -0.39 is 97.7 Å². The highest BCUT2D eigenvalue weighted by Gasteiger charge is 2.30. The summed E-state index contributed by atoms with van der Waals surface area (Å²) in [4.78, 5) is 86.3. The average molecular weight is 673 g/mol. The van der Waals surface area contributed by atoms with Gasteiger partial charge in [-0.05, 0) is 43.0 Å². The number of carbonyl (C=O) groups is 7. The van der Waals surface area contributed by atoms with Gasteiger partial charge in [0.15, 0.2) is 0 Å². The van der Waals surface area contributed by atoms with Crippen LogP contribution in [0.25, 0.3) is 0 Å². The van der Waals surface area contributed by atoms with Gasteiger partial charge in [-0.15, -0.1) is 0 Å². The minimum absolute atomic E-state index is 0.0348. The van der Waals surface area contributed by atoms with Gasteiger partial charge in [-0.2, -0.15) is 0 Å². The van der Waals surface area contributed by atoms with Crippen molar-refractivity contribution < 1.29 is 54.0 Å². The number of hydrogen-bond acceptors (Lipinski definition) is 10. The Balaban J connectivity index is 1.96. The Labute approximate surface area is 275 Å². The van der Waals surface area contributed by atoms with Crippen LogP contribution in [0, 0.1) is 0 Å². The number of carbonyl (C=O) groups excluding carboxylic acids is 5. The smallest absolute Gasteiger partial charge is 0.326 e. The molecule has 0 fully saturated rings. The Morgan fingerprint density at radius 2 is 1.29 bits per heavy atom. The summed E-state index contributed by atoms with van der Waals surface area (Å²) in [7, 11) is 0. The average Bonchev–Trinajstić information content (AvgIpc) is 3.05. The molecule has 0 saturated carbocycles. The van der Waals surface area contributed by atoms with E-state index in [0.717, 1.165) is 0 Å². The van der Waals surface area contributed by atoms with E-state index in [4.69, 9.17) is 10.8 Å². The second-order valence-electron chi connectivity index (χ2n) is 10.8. The fourth-order valence-electron chi connectivity index (χ4n) is 4.25. The van der Waals surface area contributed by atoms with Crippen molar-refractivity contribution in [1.29, 1.82) is 0 Å². The lowest BCUT2D eigenvalue weighted by Crippen LogP contribution is -2.58. The number of nitrogens with two attached hydrogens (primary N) is 1. The van der Waals surface area contributed by atoms with Gasteiger partial charge in [0.25, 0.3) is 0 Å². The molecule has 0 bridgehead atoms. The van der Waals surface area contributed by atoms with Crippen molar-refractivity contribution in [3.8, 4) is 5.75 Å². The molecular formula is C31H40N6O11. The highest BCUT2D eigenvalue weighted by Crippen LogP contribution is 2.11. The van der Waals surface area contributed by atoms with Crippen molar-refractivity contribution in [2.75, 3.05) is 13.2 Å². The maximum atomic E-state index is 13.0. The third kappa shape index (κ3) is 13.4. The van der Waals surface area contributed by atoms with E-state index in [2.05, 4.69) is 26.6 Å². The molecule has 48 heavy (non-hydrogen) atoms. The van der Waals surface area contributed by atoms with E-state index in [1.165, 1.54) is 19.1 Å². The van der Waals surface area contributed by atoms with Gasteiger partial charge in [-0.3, -0.25) is 28.8 Å². The third-order valence-corrected chi connectivity index (χ3v) is 6.92. The zero-order valence-corrected chi connectivity index (χ0v) is 26.0. The van der Waals surface area contributed by atoms with Crippen LogP contribution in [-0.4, -0.2) is 105 Å². The molecule has 0 radical (unpaired) electrons. The van der Waals surface area contributed by atoms with Crippen LogP contribution in [0.15, 0.2) is 54.6 Å². The second kappa shape index (κ2) is 19.2. The largest absolute Gasteiger partial charge is 0.508 e. The van der Waals surface area contributed by atoms with E-state index in [9.17, 15) is 48.9 Å². The number of aliphatic hydroxyl groups excluding tert-OH is 1. The fraction of sp³-hybridized carbons (Fsp3) is 0.387. The number of hydrogen-bond donors (Lipinski definition) is 10. The quantitative estimate of drug-likeness (QED) is 0.0743. The molecule has 5 amide bonds. The summed E-state index contributed by atoms with van der Waals surface area (Å²) >= 11 is 0. The van der Waals surface area contributed by atoms with Crippen molar-refractivity contribution in [3.63, 3.8) is 0 Å². The molecule has 11 N–H and O–H groups in total. The molecule has 2 aromatic rings. The van der Waals surface area contributed by atoms with Crippen LogP contribution in [0.4, 0.5) is 0 Å². The van der Waals surface area contributed by atoms with Crippen LogP contribution in [0.5, 0.6) is 5.75 Å². The number of nitrogens with one attached hydrogen (secondary N) is 5. The van der Waals surface area contributed by atoms with Crippen LogP contribution in [0.1, 0.15) is 30.9 Å². The first-order chi connectivity index (χ1) is 22.7. The lowest BCUT2D eigenvalue weighted by molar-refractivity contribution is -0.142. The van der Waals surface area contributed by atoms with Crippen LogP contribution in [-0.2, 0) is 46.4 Å². The Morgan fingerprint density at radius 1 is 0.708 bits per heavy atom. The SMILES string of the molecule is C[C@H](NC(=O)[C@H](CCC(=O)O)NC(=O)[C@H](CO)NC(=O)CNC(=O)[C@@H](N)Cc1ccc(O)cc1)C(=O)N[C@@H](Cc1ccccc1)C(=O)O.